The SMILES string of the molecule is C=CCCC(=O)N(C)[C@@H](C)[C@@H](OC(=O)[C@H]1[C@@H]2O[C@@]3(CC2Br)[C@@H]1C(=O)N(CCCCCCO)[C@@H]3C(=O)N(CC=C)C1CCCCC1)c1ccccc1. The van der Waals surface area contributed by atoms with Gasteiger partial charge in [-0.2, -0.15) is 0 Å². The Hall–Kier alpha value is -3.02. The van der Waals surface area contributed by atoms with Crippen molar-refractivity contribution in [1.29, 1.82) is 0 Å². The molecule has 2 bridgehead atoms. The zero-order valence-corrected chi connectivity index (χ0v) is 31.9. The minimum atomic E-state index is -1.19. The number of fused-ring (bicyclic) bond motifs is 1. The second kappa shape index (κ2) is 17.7. The van der Waals surface area contributed by atoms with E-state index in [0.717, 1.165) is 50.5 Å². The molecule has 4 aliphatic rings. The molecule has 11 heteroatoms. The first kappa shape index (κ1) is 39.2. The number of hydrogen-bond acceptors (Lipinski definition) is 7. The molecule has 5 rings (SSSR count). The number of halogens is 1. The van der Waals surface area contributed by atoms with E-state index in [1.807, 2.05) is 42.2 Å². The minimum absolute atomic E-state index is 0.0552. The summed E-state index contributed by atoms with van der Waals surface area (Å²) in [7, 11) is 1.71. The number of esters is 1. The second-order valence-corrected chi connectivity index (χ2v) is 15.9. The van der Waals surface area contributed by atoms with Gasteiger partial charge in [0.2, 0.25) is 17.7 Å². The summed E-state index contributed by atoms with van der Waals surface area (Å²) in [6.45, 7) is 10.4. The number of carbonyl (C=O) groups excluding carboxylic acids is 4. The molecule has 4 fully saturated rings. The molecule has 0 radical (unpaired) electrons. The van der Waals surface area contributed by atoms with E-state index in [0.29, 0.717) is 38.8 Å². The van der Waals surface area contributed by atoms with E-state index < -0.39 is 47.7 Å². The topological polar surface area (TPSA) is 117 Å². The first-order valence-electron chi connectivity index (χ1n) is 18.9. The van der Waals surface area contributed by atoms with E-state index in [9.17, 15) is 24.3 Å². The number of likely N-dealkylation sites (N-methyl/N-ethyl adjacent to an activating group) is 1. The van der Waals surface area contributed by atoms with Crippen LogP contribution in [-0.2, 0) is 28.7 Å². The van der Waals surface area contributed by atoms with Gasteiger partial charge in [-0.1, -0.05) is 90.5 Å². The van der Waals surface area contributed by atoms with Gasteiger partial charge in [-0.15, -0.1) is 13.2 Å². The molecule has 1 aliphatic carbocycles. The highest BCUT2D eigenvalue weighted by molar-refractivity contribution is 9.09. The van der Waals surface area contributed by atoms with Gasteiger partial charge < -0.3 is 29.3 Å². The van der Waals surface area contributed by atoms with E-state index in [-0.39, 0.29) is 41.6 Å². The Morgan fingerprint density at radius 1 is 1.10 bits per heavy atom. The molecule has 8 atom stereocenters. The summed E-state index contributed by atoms with van der Waals surface area (Å²) in [5.74, 6) is -2.87. The number of unbranched alkanes of at least 4 members (excludes halogenated alkanes) is 3. The van der Waals surface area contributed by atoms with Gasteiger partial charge in [0.15, 0.2) is 0 Å². The van der Waals surface area contributed by atoms with Gasteiger partial charge in [0.1, 0.15) is 17.7 Å². The Kier molecular flexibility index (Phi) is 13.6. The van der Waals surface area contributed by atoms with Crippen LogP contribution in [0.2, 0.25) is 0 Å². The van der Waals surface area contributed by atoms with E-state index in [1.54, 1.807) is 29.0 Å². The van der Waals surface area contributed by atoms with Gasteiger partial charge in [0, 0.05) is 44.0 Å². The van der Waals surface area contributed by atoms with Crippen LogP contribution in [0, 0.1) is 11.8 Å². The highest BCUT2D eigenvalue weighted by Crippen LogP contribution is 2.60. The van der Waals surface area contributed by atoms with Crippen molar-refractivity contribution in [1.82, 2.24) is 14.7 Å². The van der Waals surface area contributed by atoms with Gasteiger partial charge in [-0.25, -0.2) is 0 Å². The third-order valence-corrected chi connectivity index (χ3v) is 12.4. The predicted octanol–water partition coefficient (Wildman–Crippen LogP) is 5.73. The number of amides is 3. The van der Waals surface area contributed by atoms with Crippen molar-refractivity contribution in [3.63, 3.8) is 0 Å². The maximum Gasteiger partial charge on any atom is 0.313 e. The van der Waals surface area contributed by atoms with Crippen LogP contribution < -0.4 is 0 Å². The lowest BCUT2D eigenvalue weighted by Gasteiger charge is -2.41. The van der Waals surface area contributed by atoms with Crippen LogP contribution in [0.3, 0.4) is 0 Å². The summed E-state index contributed by atoms with van der Waals surface area (Å²) in [6, 6.07) is 8.02. The summed E-state index contributed by atoms with van der Waals surface area (Å²) in [6.07, 6.45) is 11.2. The first-order chi connectivity index (χ1) is 24.6. The summed E-state index contributed by atoms with van der Waals surface area (Å²) in [4.78, 5) is 62.2. The number of aliphatic hydroxyl groups excluding tert-OH is 1. The Labute approximate surface area is 311 Å². The van der Waals surface area contributed by atoms with Crippen molar-refractivity contribution in [2.45, 2.75) is 125 Å². The number of allylic oxidation sites excluding steroid dienone is 1. The number of nitrogens with zero attached hydrogens (tertiary/aromatic N) is 3. The molecule has 280 valence electrons. The number of likely N-dealkylation sites (tertiary alicyclic amines) is 1. The molecule has 1 saturated carbocycles. The molecule has 1 unspecified atom stereocenters. The van der Waals surface area contributed by atoms with Crippen molar-refractivity contribution in [3.05, 3.63) is 61.2 Å². The summed E-state index contributed by atoms with van der Waals surface area (Å²) in [5, 5.41) is 9.31. The largest absolute Gasteiger partial charge is 0.455 e. The third-order valence-electron chi connectivity index (χ3n) is 11.6. The zero-order valence-electron chi connectivity index (χ0n) is 30.3. The molecular formula is C40H56BrN3O7. The zero-order chi connectivity index (χ0) is 36.7. The number of ether oxygens (including phenoxy) is 2. The summed E-state index contributed by atoms with van der Waals surface area (Å²) >= 11 is 3.80. The number of aliphatic hydroxyl groups is 1. The van der Waals surface area contributed by atoms with E-state index >= 15 is 0 Å². The number of benzene rings is 1. The molecular weight excluding hydrogens is 714 g/mol. The van der Waals surface area contributed by atoms with Crippen molar-refractivity contribution in [2.75, 3.05) is 26.7 Å². The molecule has 10 nitrogen and oxygen atoms in total. The highest BCUT2D eigenvalue weighted by atomic mass is 79.9. The molecule has 3 saturated heterocycles. The predicted molar refractivity (Wildman–Crippen MR) is 199 cm³/mol. The molecule has 3 heterocycles. The Morgan fingerprint density at radius 3 is 2.47 bits per heavy atom. The quantitative estimate of drug-likeness (QED) is 0.0878. The number of rotatable bonds is 18. The lowest BCUT2D eigenvalue weighted by atomic mass is 9.70. The smallest absolute Gasteiger partial charge is 0.313 e. The average molecular weight is 771 g/mol. The molecule has 0 aromatic heterocycles. The molecule has 3 aliphatic heterocycles. The van der Waals surface area contributed by atoms with Crippen LogP contribution in [0.4, 0.5) is 0 Å². The van der Waals surface area contributed by atoms with E-state index in [4.69, 9.17) is 9.47 Å². The molecule has 51 heavy (non-hydrogen) atoms. The highest BCUT2D eigenvalue weighted by Gasteiger charge is 2.77. The van der Waals surface area contributed by atoms with Crippen LogP contribution >= 0.6 is 15.9 Å². The van der Waals surface area contributed by atoms with E-state index in [2.05, 4.69) is 29.1 Å². The fourth-order valence-electron chi connectivity index (χ4n) is 8.90. The standard InChI is InChI=1S/C40H56BrN3O7/c1-5-7-22-31(46)42(4)27(3)34(28-18-12-10-13-19-28)50-39(49)32-33-37(47)44(24-16-8-9-17-25-45)36(40(33)26-30(41)35(32)51-40)38(48)43(23-6-2)29-20-14-11-15-21-29/h5-6,10,12-13,18-19,27,29-30,32-36,45H,1-2,7-9,11,14-17,20-26H2,3-4H3/t27-,30?,32+,33-,34+,35+,36+,40-/m0/s1. The molecule has 1 N–H and O–H groups in total. The average Bonchev–Trinajstić information content (AvgIpc) is 3.74. The molecule has 1 aromatic carbocycles. The van der Waals surface area contributed by atoms with Crippen molar-refractivity contribution in [2.24, 2.45) is 11.8 Å². The first-order valence-corrected chi connectivity index (χ1v) is 19.8. The van der Waals surface area contributed by atoms with Gasteiger partial charge in [-0.3, -0.25) is 19.2 Å². The van der Waals surface area contributed by atoms with Crippen LogP contribution in [0.15, 0.2) is 55.6 Å². The van der Waals surface area contributed by atoms with Crippen LogP contribution in [0.25, 0.3) is 0 Å². The molecule has 1 aromatic rings. The Morgan fingerprint density at radius 2 is 1.80 bits per heavy atom. The van der Waals surface area contributed by atoms with Crippen molar-refractivity contribution in [3.8, 4) is 0 Å². The van der Waals surface area contributed by atoms with Crippen LogP contribution in [0.5, 0.6) is 0 Å². The fourth-order valence-corrected chi connectivity index (χ4v) is 9.84. The van der Waals surface area contributed by atoms with Crippen LogP contribution in [-0.4, -0.2) is 105 Å². The van der Waals surface area contributed by atoms with Crippen molar-refractivity contribution < 1.29 is 33.8 Å². The lowest BCUT2D eigenvalue weighted by molar-refractivity contribution is -0.164. The van der Waals surface area contributed by atoms with Gasteiger partial charge in [-0.05, 0) is 51.0 Å². The number of alkyl halides is 1. The van der Waals surface area contributed by atoms with Gasteiger partial charge in [0.05, 0.1) is 24.0 Å². The molecule has 3 amide bonds. The lowest BCUT2D eigenvalue weighted by Crippen LogP contribution is -2.58. The van der Waals surface area contributed by atoms with Crippen molar-refractivity contribution >= 4 is 39.6 Å². The maximum absolute atomic E-state index is 14.9. The maximum atomic E-state index is 14.9. The van der Waals surface area contributed by atoms with Crippen LogP contribution in [0.1, 0.15) is 95.6 Å². The number of hydrogen-bond donors (Lipinski definition) is 1. The third kappa shape index (κ3) is 8.00. The number of carbonyl (C=O) groups is 4. The second-order valence-electron chi connectivity index (χ2n) is 14.7. The minimum Gasteiger partial charge on any atom is -0.455 e. The monoisotopic (exact) mass is 769 g/mol. The normalized spacial score (nSPS) is 28.2. The fraction of sp³-hybridized carbons (Fsp3) is 0.650. The summed E-state index contributed by atoms with van der Waals surface area (Å²) in [5.41, 5.74) is -0.458. The van der Waals surface area contributed by atoms with E-state index in [1.165, 1.54) is 0 Å². The molecule has 1 spiro atoms. The Balaban J connectivity index is 1.47. The summed E-state index contributed by atoms with van der Waals surface area (Å²) < 4.78 is 13.2. The van der Waals surface area contributed by atoms with Gasteiger partial charge in [0.25, 0.3) is 0 Å². The Bertz CT molecular complexity index is 1400. The van der Waals surface area contributed by atoms with Gasteiger partial charge >= 0.3 is 5.97 Å².